The molecule has 0 N–H and O–H groups in total. The lowest BCUT2D eigenvalue weighted by Crippen LogP contribution is -2.03. The summed E-state index contributed by atoms with van der Waals surface area (Å²) < 4.78 is 19.6. The van der Waals surface area contributed by atoms with Crippen molar-refractivity contribution in [3.63, 3.8) is 0 Å². The highest BCUT2D eigenvalue weighted by atomic mass is 19.1. The van der Waals surface area contributed by atoms with Gasteiger partial charge in [0.25, 0.3) is 0 Å². The second kappa shape index (κ2) is 4.31. The number of hydrogen-bond acceptors (Lipinski definition) is 1. The molecule has 82 valence electrons. The second-order valence-corrected chi connectivity index (χ2v) is 4.41. The minimum absolute atomic E-state index is 0.0244. The molecule has 1 heterocycles. The van der Waals surface area contributed by atoms with Gasteiger partial charge in [0.1, 0.15) is 5.82 Å². The third-order valence-corrected chi connectivity index (χ3v) is 2.96. The van der Waals surface area contributed by atoms with Gasteiger partial charge in [0.2, 0.25) is 0 Å². The van der Waals surface area contributed by atoms with Crippen LogP contribution in [0.3, 0.4) is 0 Å². The Morgan fingerprint density at radius 1 is 1.40 bits per heavy atom. The zero-order chi connectivity index (χ0) is 10.8. The minimum Gasteiger partial charge on any atom is -0.373 e. The van der Waals surface area contributed by atoms with E-state index in [9.17, 15) is 4.39 Å². The molecule has 2 rings (SSSR count). The molecule has 0 aliphatic carbocycles. The van der Waals surface area contributed by atoms with Crippen molar-refractivity contribution in [2.24, 2.45) is 0 Å². The Kier molecular flexibility index (Phi) is 3.06. The maximum atomic E-state index is 14.1. The summed E-state index contributed by atoms with van der Waals surface area (Å²) in [5, 5.41) is 0. The average Bonchev–Trinajstić information content (AvgIpc) is 2.70. The zero-order valence-electron chi connectivity index (χ0n) is 9.29. The maximum Gasteiger partial charge on any atom is 0.132 e. The van der Waals surface area contributed by atoms with Crippen LogP contribution in [0.4, 0.5) is 4.39 Å². The molecule has 1 fully saturated rings. The van der Waals surface area contributed by atoms with Gasteiger partial charge in [-0.3, -0.25) is 0 Å². The Hall–Kier alpha value is -0.890. The van der Waals surface area contributed by atoms with Gasteiger partial charge in [0.05, 0.1) is 6.10 Å². The van der Waals surface area contributed by atoms with E-state index in [2.05, 4.69) is 0 Å². The van der Waals surface area contributed by atoms with Gasteiger partial charge in [0.15, 0.2) is 0 Å². The molecule has 1 aromatic rings. The molecule has 15 heavy (non-hydrogen) atoms. The molecule has 1 aliphatic heterocycles. The normalized spacial score (nSPS) is 21.2. The van der Waals surface area contributed by atoms with E-state index in [-0.39, 0.29) is 17.8 Å². The van der Waals surface area contributed by atoms with Crippen LogP contribution < -0.4 is 0 Å². The molecule has 0 saturated carbocycles. The average molecular weight is 208 g/mol. The van der Waals surface area contributed by atoms with Crippen LogP contribution in [0.5, 0.6) is 0 Å². The summed E-state index contributed by atoms with van der Waals surface area (Å²) in [6.45, 7) is 4.78. The van der Waals surface area contributed by atoms with E-state index < -0.39 is 0 Å². The van der Waals surface area contributed by atoms with Crippen molar-refractivity contribution in [2.45, 2.75) is 38.7 Å². The van der Waals surface area contributed by atoms with Crippen molar-refractivity contribution in [3.05, 3.63) is 35.1 Å². The van der Waals surface area contributed by atoms with Crippen molar-refractivity contribution in [2.75, 3.05) is 6.61 Å². The van der Waals surface area contributed by atoms with Crippen molar-refractivity contribution in [3.8, 4) is 0 Å². The van der Waals surface area contributed by atoms with Crippen LogP contribution in [0.1, 0.15) is 49.8 Å². The molecule has 0 radical (unpaired) electrons. The summed E-state index contributed by atoms with van der Waals surface area (Å²) in [7, 11) is 0. The fraction of sp³-hybridized carbons (Fsp3) is 0.538. The molecule has 0 bridgehead atoms. The van der Waals surface area contributed by atoms with Gasteiger partial charge in [-0.25, -0.2) is 4.39 Å². The monoisotopic (exact) mass is 208 g/mol. The second-order valence-electron chi connectivity index (χ2n) is 4.41. The number of hydrogen-bond donors (Lipinski definition) is 0. The lowest BCUT2D eigenvalue weighted by molar-refractivity contribution is 0.109. The van der Waals surface area contributed by atoms with E-state index in [4.69, 9.17) is 4.74 Å². The molecule has 1 saturated heterocycles. The molecule has 0 amide bonds. The first-order chi connectivity index (χ1) is 7.20. The minimum atomic E-state index is -0.0700. The topological polar surface area (TPSA) is 9.23 Å². The number of halogens is 1. The summed E-state index contributed by atoms with van der Waals surface area (Å²) >= 11 is 0. The van der Waals surface area contributed by atoms with Crippen LogP contribution >= 0.6 is 0 Å². The van der Waals surface area contributed by atoms with E-state index in [1.807, 2.05) is 32.0 Å². The standard InChI is InChI=1S/C13H17FO/c1-9(2)10-5-3-6-11(13(10)14)12-7-4-8-15-12/h3,5-6,9,12H,4,7-8H2,1-2H3/t12-/m0/s1. The van der Waals surface area contributed by atoms with Crippen LogP contribution in [-0.2, 0) is 4.74 Å². The van der Waals surface area contributed by atoms with Gasteiger partial charge in [-0.15, -0.1) is 0 Å². The van der Waals surface area contributed by atoms with E-state index >= 15 is 0 Å². The van der Waals surface area contributed by atoms with E-state index in [0.29, 0.717) is 0 Å². The SMILES string of the molecule is CC(C)c1cccc([C@@H]2CCCO2)c1F. The van der Waals surface area contributed by atoms with Gasteiger partial charge < -0.3 is 4.74 Å². The number of ether oxygens (including phenoxy) is 1. The molecule has 2 heteroatoms. The van der Waals surface area contributed by atoms with Gasteiger partial charge in [-0.1, -0.05) is 32.0 Å². The summed E-state index contributed by atoms with van der Waals surface area (Å²) in [4.78, 5) is 0. The summed E-state index contributed by atoms with van der Waals surface area (Å²) in [5.41, 5.74) is 1.53. The number of benzene rings is 1. The highest BCUT2D eigenvalue weighted by Crippen LogP contribution is 2.32. The molecule has 0 aromatic heterocycles. The van der Waals surface area contributed by atoms with Crippen molar-refractivity contribution < 1.29 is 9.13 Å². The van der Waals surface area contributed by atoms with Crippen LogP contribution in [-0.4, -0.2) is 6.61 Å². The van der Waals surface area contributed by atoms with Gasteiger partial charge in [-0.2, -0.15) is 0 Å². The molecular weight excluding hydrogens is 191 g/mol. The van der Waals surface area contributed by atoms with Crippen LogP contribution in [0.15, 0.2) is 18.2 Å². The van der Waals surface area contributed by atoms with Crippen LogP contribution in [0.25, 0.3) is 0 Å². The summed E-state index contributed by atoms with van der Waals surface area (Å²) in [6.07, 6.45) is 1.96. The molecule has 1 nitrogen and oxygen atoms in total. The van der Waals surface area contributed by atoms with E-state index in [0.717, 1.165) is 30.6 Å². The molecule has 1 aliphatic rings. The first-order valence-corrected chi connectivity index (χ1v) is 5.60. The Labute approximate surface area is 90.3 Å². The predicted octanol–water partition coefficient (Wildman–Crippen LogP) is 3.80. The van der Waals surface area contributed by atoms with Gasteiger partial charge >= 0.3 is 0 Å². The van der Waals surface area contributed by atoms with Gasteiger partial charge in [-0.05, 0) is 24.3 Å². The van der Waals surface area contributed by atoms with Gasteiger partial charge in [0, 0.05) is 12.2 Å². The van der Waals surface area contributed by atoms with Crippen molar-refractivity contribution in [1.82, 2.24) is 0 Å². The quantitative estimate of drug-likeness (QED) is 0.718. The Bertz CT molecular complexity index is 340. The largest absolute Gasteiger partial charge is 0.373 e. The third kappa shape index (κ3) is 2.05. The Morgan fingerprint density at radius 3 is 2.80 bits per heavy atom. The lowest BCUT2D eigenvalue weighted by Gasteiger charge is -2.15. The smallest absolute Gasteiger partial charge is 0.132 e. The zero-order valence-corrected chi connectivity index (χ0v) is 9.29. The first-order valence-electron chi connectivity index (χ1n) is 5.60. The molecule has 1 atom stereocenters. The first kappa shape index (κ1) is 10.6. The van der Waals surface area contributed by atoms with Crippen molar-refractivity contribution in [1.29, 1.82) is 0 Å². The highest BCUT2D eigenvalue weighted by Gasteiger charge is 2.22. The summed E-state index contributed by atoms with van der Waals surface area (Å²) in [5.74, 6) is 0.158. The summed E-state index contributed by atoms with van der Waals surface area (Å²) in [6, 6.07) is 5.63. The molecule has 1 aromatic carbocycles. The number of rotatable bonds is 2. The molecule has 0 spiro atoms. The van der Waals surface area contributed by atoms with E-state index in [1.54, 1.807) is 0 Å². The lowest BCUT2D eigenvalue weighted by atomic mass is 9.97. The predicted molar refractivity (Wildman–Crippen MR) is 58.4 cm³/mol. The van der Waals surface area contributed by atoms with E-state index in [1.165, 1.54) is 0 Å². The van der Waals surface area contributed by atoms with Crippen molar-refractivity contribution >= 4 is 0 Å². The Balaban J connectivity index is 2.34. The van der Waals surface area contributed by atoms with Crippen LogP contribution in [0.2, 0.25) is 0 Å². The third-order valence-electron chi connectivity index (χ3n) is 2.96. The van der Waals surface area contributed by atoms with Crippen LogP contribution in [0, 0.1) is 5.82 Å². The fourth-order valence-corrected chi connectivity index (χ4v) is 2.09. The maximum absolute atomic E-state index is 14.1. The fourth-order valence-electron chi connectivity index (χ4n) is 2.09. The highest BCUT2D eigenvalue weighted by molar-refractivity contribution is 5.30. The Morgan fingerprint density at radius 2 is 2.20 bits per heavy atom. The molecular formula is C13H17FO. The molecule has 0 unspecified atom stereocenters.